The zero-order valence-electron chi connectivity index (χ0n) is 15.4. The lowest BCUT2D eigenvalue weighted by molar-refractivity contribution is 0.0316. The Labute approximate surface area is 147 Å². The van der Waals surface area contributed by atoms with Gasteiger partial charge in [0.15, 0.2) is 0 Å². The van der Waals surface area contributed by atoms with E-state index in [4.69, 9.17) is 4.98 Å². The Morgan fingerprint density at radius 2 is 1.96 bits per heavy atom. The Morgan fingerprint density at radius 1 is 1.12 bits per heavy atom. The second-order valence-electron chi connectivity index (χ2n) is 8.92. The maximum Gasteiger partial charge on any atom is 0.128 e. The third-order valence-electron chi connectivity index (χ3n) is 7.01. The first-order chi connectivity index (χ1) is 11.6. The van der Waals surface area contributed by atoms with Crippen LogP contribution >= 0.6 is 0 Å². The van der Waals surface area contributed by atoms with Gasteiger partial charge in [-0.05, 0) is 55.1 Å². The minimum Gasteiger partial charge on any atom is -0.354 e. The number of nitrogens with zero attached hydrogens (tertiary/aromatic N) is 2. The Bertz CT molecular complexity index is 562. The smallest absolute Gasteiger partial charge is 0.128 e. The van der Waals surface area contributed by atoms with E-state index in [0.29, 0.717) is 11.3 Å². The van der Waals surface area contributed by atoms with Gasteiger partial charge in [-0.3, -0.25) is 0 Å². The van der Waals surface area contributed by atoms with Gasteiger partial charge in [-0.1, -0.05) is 32.8 Å². The van der Waals surface area contributed by atoms with Crippen LogP contribution in [-0.4, -0.2) is 31.2 Å². The monoisotopic (exact) mass is 327 g/mol. The normalized spacial score (nSPS) is 33.1. The van der Waals surface area contributed by atoms with Crippen LogP contribution in [0.3, 0.4) is 0 Å². The molecule has 3 atom stereocenters. The van der Waals surface area contributed by atoms with E-state index in [1.807, 2.05) is 0 Å². The summed E-state index contributed by atoms with van der Waals surface area (Å²) in [6.45, 7) is 9.34. The fourth-order valence-electron chi connectivity index (χ4n) is 5.55. The number of rotatable bonds is 2. The van der Waals surface area contributed by atoms with Crippen molar-refractivity contribution in [3.63, 3.8) is 0 Å². The van der Waals surface area contributed by atoms with E-state index in [0.717, 1.165) is 38.0 Å². The SMILES string of the molecule is CC1(C)CCCC2CCC(c3cccc(N4CCNCC4)n3)CC21. The van der Waals surface area contributed by atoms with Crippen molar-refractivity contribution in [1.29, 1.82) is 0 Å². The van der Waals surface area contributed by atoms with Crippen molar-refractivity contribution in [2.45, 2.75) is 58.3 Å². The van der Waals surface area contributed by atoms with Crippen molar-refractivity contribution in [2.24, 2.45) is 17.3 Å². The van der Waals surface area contributed by atoms with Gasteiger partial charge in [0.05, 0.1) is 0 Å². The third-order valence-corrected chi connectivity index (χ3v) is 7.01. The van der Waals surface area contributed by atoms with Crippen LogP contribution in [0.4, 0.5) is 5.82 Å². The number of nitrogens with one attached hydrogen (secondary N) is 1. The van der Waals surface area contributed by atoms with E-state index in [2.05, 4.69) is 42.3 Å². The molecular weight excluding hydrogens is 294 g/mol. The summed E-state index contributed by atoms with van der Waals surface area (Å²) in [5, 5.41) is 3.43. The van der Waals surface area contributed by atoms with Gasteiger partial charge in [0.1, 0.15) is 5.82 Å². The highest BCUT2D eigenvalue weighted by Gasteiger charge is 2.42. The lowest BCUT2D eigenvalue weighted by Gasteiger charge is -2.49. The van der Waals surface area contributed by atoms with Crippen molar-refractivity contribution in [1.82, 2.24) is 10.3 Å². The van der Waals surface area contributed by atoms with Crippen LogP contribution in [0.5, 0.6) is 0 Å². The molecule has 3 aliphatic rings. The van der Waals surface area contributed by atoms with E-state index in [-0.39, 0.29) is 0 Å². The fraction of sp³-hybridized carbons (Fsp3) is 0.762. The summed E-state index contributed by atoms with van der Waals surface area (Å²) >= 11 is 0. The van der Waals surface area contributed by atoms with Gasteiger partial charge in [-0.2, -0.15) is 0 Å². The minimum absolute atomic E-state index is 0.526. The van der Waals surface area contributed by atoms with Crippen LogP contribution in [0, 0.1) is 17.3 Å². The van der Waals surface area contributed by atoms with Crippen LogP contribution in [0.1, 0.15) is 64.0 Å². The molecule has 1 aromatic heterocycles. The van der Waals surface area contributed by atoms with Gasteiger partial charge in [0.25, 0.3) is 0 Å². The number of aromatic nitrogens is 1. The molecular formula is C21H33N3. The molecule has 0 aromatic carbocycles. The molecule has 3 nitrogen and oxygen atoms in total. The van der Waals surface area contributed by atoms with E-state index in [1.54, 1.807) is 0 Å². The number of fused-ring (bicyclic) bond motifs is 1. The van der Waals surface area contributed by atoms with Gasteiger partial charge in [-0.25, -0.2) is 4.98 Å². The van der Waals surface area contributed by atoms with E-state index in [9.17, 15) is 0 Å². The highest BCUT2D eigenvalue weighted by molar-refractivity contribution is 5.40. The van der Waals surface area contributed by atoms with Crippen molar-refractivity contribution >= 4 is 5.82 Å². The third kappa shape index (κ3) is 3.20. The van der Waals surface area contributed by atoms with Crippen molar-refractivity contribution < 1.29 is 0 Å². The van der Waals surface area contributed by atoms with E-state index in [1.165, 1.54) is 50.0 Å². The molecule has 2 saturated carbocycles. The van der Waals surface area contributed by atoms with Crippen LogP contribution < -0.4 is 10.2 Å². The number of pyridine rings is 1. The molecule has 1 saturated heterocycles. The number of hydrogen-bond donors (Lipinski definition) is 1. The average molecular weight is 328 g/mol. The predicted molar refractivity (Wildman–Crippen MR) is 101 cm³/mol. The van der Waals surface area contributed by atoms with Crippen molar-refractivity contribution in [2.75, 3.05) is 31.1 Å². The number of hydrogen-bond acceptors (Lipinski definition) is 3. The highest BCUT2D eigenvalue weighted by atomic mass is 15.2. The highest BCUT2D eigenvalue weighted by Crippen LogP contribution is 2.53. The average Bonchev–Trinajstić information content (AvgIpc) is 2.62. The minimum atomic E-state index is 0.526. The first-order valence-corrected chi connectivity index (χ1v) is 10.1. The fourth-order valence-corrected chi connectivity index (χ4v) is 5.55. The van der Waals surface area contributed by atoms with Gasteiger partial charge in [-0.15, -0.1) is 0 Å². The largest absolute Gasteiger partial charge is 0.354 e. The predicted octanol–water partition coefficient (Wildman–Crippen LogP) is 4.20. The standard InChI is InChI=1S/C21H33N3/c1-21(2)10-4-5-16-8-9-17(15-18(16)21)19-6-3-7-20(23-19)24-13-11-22-12-14-24/h3,6-7,16-18,22H,4-5,8-15H2,1-2H3. The molecule has 0 amide bonds. The Balaban J connectivity index is 1.51. The lowest BCUT2D eigenvalue weighted by Crippen LogP contribution is -2.44. The van der Waals surface area contributed by atoms with Gasteiger partial charge in [0, 0.05) is 37.8 Å². The molecule has 1 aliphatic heterocycles. The Hall–Kier alpha value is -1.09. The molecule has 1 N–H and O–H groups in total. The molecule has 3 heteroatoms. The summed E-state index contributed by atoms with van der Waals surface area (Å²) in [6, 6.07) is 6.72. The summed E-state index contributed by atoms with van der Waals surface area (Å²) in [5.74, 6) is 3.74. The Morgan fingerprint density at radius 3 is 2.79 bits per heavy atom. The summed E-state index contributed by atoms with van der Waals surface area (Å²) in [4.78, 5) is 7.54. The van der Waals surface area contributed by atoms with Crippen LogP contribution in [0.15, 0.2) is 18.2 Å². The quantitative estimate of drug-likeness (QED) is 0.882. The van der Waals surface area contributed by atoms with E-state index < -0.39 is 0 Å². The molecule has 2 aliphatic carbocycles. The molecule has 3 fully saturated rings. The maximum atomic E-state index is 5.10. The molecule has 132 valence electrons. The first kappa shape index (κ1) is 16.4. The maximum absolute atomic E-state index is 5.10. The van der Waals surface area contributed by atoms with Crippen molar-refractivity contribution in [3.8, 4) is 0 Å². The summed E-state index contributed by atoms with van der Waals surface area (Å²) < 4.78 is 0. The molecule has 0 spiro atoms. The topological polar surface area (TPSA) is 28.2 Å². The summed E-state index contributed by atoms with van der Waals surface area (Å²) in [5.41, 5.74) is 1.88. The number of piperazine rings is 1. The van der Waals surface area contributed by atoms with Crippen molar-refractivity contribution in [3.05, 3.63) is 23.9 Å². The zero-order valence-corrected chi connectivity index (χ0v) is 15.4. The van der Waals surface area contributed by atoms with Crippen LogP contribution in [0.25, 0.3) is 0 Å². The molecule has 0 radical (unpaired) electrons. The molecule has 0 bridgehead atoms. The van der Waals surface area contributed by atoms with Gasteiger partial charge < -0.3 is 10.2 Å². The molecule has 3 unspecified atom stereocenters. The molecule has 1 aromatic rings. The van der Waals surface area contributed by atoms with Gasteiger partial charge in [0.2, 0.25) is 0 Å². The second kappa shape index (κ2) is 6.67. The van der Waals surface area contributed by atoms with Gasteiger partial charge >= 0.3 is 0 Å². The number of anilines is 1. The molecule has 24 heavy (non-hydrogen) atoms. The van der Waals surface area contributed by atoms with E-state index >= 15 is 0 Å². The zero-order chi connectivity index (χ0) is 16.6. The second-order valence-corrected chi connectivity index (χ2v) is 8.92. The summed E-state index contributed by atoms with van der Waals surface area (Å²) in [7, 11) is 0. The summed E-state index contributed by atoms with van der Waals surface area (Å²) in [6.07, 6.45) is 8.43. The first-order valence-electron chi connectivity index (χ1n) is 10.1. The molecule has 4 rings (SSSR count). The molecule has 2 heterocycles. The Kier molecular flexibility index (Phi) is 4.55. The van der Waals surface area contributed by atoms with Crippen LogP contribution in [0.2, 0.25) is 0 Å². The lowest BCUT2D eigenvalue weighted by atomic mass is 9.57. The van der Waals surface area contributed by atoms with Crippen LogP contribution in [-0.2, 0) is 0 Å².